The first-order chi connectivity index (χ1) is 8.40. The fraction of sp³-hybridized carbons (Fsp3) is 0.462. The van der Waals surface area contributed by atoms with Crippen molar-refractivity contribution in [3.63, 3.8) is 0 Å². The molecule has 0 bridgehead atoms. The van der Waals surface area contributed by atoms with Gasteiger partial charge >= 0.3 is 0 Å². The molecule has 1 aliphatic rings. The Morgan fingerprint density at radius 1 is 1.33 bits per heavy atom. The fourth-order valence-corrected chi connectivity index (χ4v) is 3.71. The largest absolute Gasteiger partial charge is 0.293 e. The van der Waals surface area contributed by atoms with Crippen LogP contribution in [-0.4, -0.2) is 37.3 Å². The summed E-state index contributed by atoms with van der Waals surface area (Å²) in [6.07, 6.45) is 0.614. The van der Waals surface area contributed by atoms with E-state index in [1.165, 1.54) is 4.31 Å². The molecule has 1 aliphatic heterocycles. The van der Waals surface area contributed by atoms with Gasteiger partial charge in [0.2, 0.25) is 10.0 Å². The second kappa shape index (κ2) is 4.82. The smallest absolute Gasteiger partial charge is 0.214 e. The average molecular weight is 267 g/mol. The summed E-state index contributed by atoms with van der Waals surface area (Å²) in [6, 6.07) is 5.58. The molecule has 98 valence electrons. The Morgan fingerprint density at radius 3 is 2.61 bits per heavy atom. The number of rotatable bonds is 3. The van der Waals surface area contributed by atoms with Crippen LogP contribution in [0.2, 0.25) is 0 Å². The van der Waals surface area contributed by atoms with Crippen LogP contribution < -0.4 is 0 Å². The van der Waals surface area contributed by atoms with Crippen molar-refractivity contribution < 1.29 is 13.2 Å². The lowest BCUT2D eigenvalue weighted by molar-refractivity contribution is 0.0968. The second-order valence-electron chi connectivity index (χ2n) is 4.74. The summed E-state index contributed by atoms with van der Waals surface area (Å²) in [5.41, 5.74) is 2.61. The molecule has 2 rings (SSSR count). The Morgan fingerprint density at radius 2 is 2.06 bits per heavy atom. The predicted molar refractivity (Wildman–Crippen MR) is 70.2 cm³/mol. The van der Waals surface area contributed by atoms with E-state index in [-0.39, 0.29) is 18.1 Å². The lowest BCUT2D eigenvalue weighted by atomic mass is 10.0. The van der Waals surface area contributed by atoms with Gasteiger partial charge in [-0.3, -0.25) is 4.79 Å². The number of hydrogen-bond donors (Lipinski definition) is 0. The van der Waals surface area contributed by atoms with Gasteiger partial charge in [0, 0.05) is 12.1 Å². The maximum absolute atomic E-state index is 12.1. The Labute approximate surface area is 108 Å². The lowest BCUT2D eigenvalue weighted by Gasteiger charge is -2.14. The van der Waals surface area contributed by atoms with Gasteiger partial charge in [-0.1, -0.05) is 23.8 Å². The Kier molecular flexibility index (Phi) is 3.54. The number of Topliss-reactive ketones (excluding diaryl/α,β-unsaturated/α-hetero) is 1. The molecule has 1 saturated heterocycles. The van der Waals surface area contributed by atoms with Crippen molar-refractivity contribution in [3.05, 3.63) is 34.9 Å². The molecule has 0 radical (unpaired) electrons. The van der Waals surface area contributed by atoms with E-state index in [1.807, 2.05) is 26.0 Å². The highest BCUT2D eigenvalue weighted by atomic mass is 32.2. The molecule has 0 saturated carbocycles. The molecule has 1 heterocycles. The van der Waals surface area contributed by atoms with Crippen molar-refractivity contribution in [2.75, 3.05) is 18.8 Å². The molecule has 0 amide bonds. The van der Waals surface area contributed by atoms with Crippen LogP contribution in [0.3, 0.4) is 0 Å². The third-order valence-corrected chi connectivity index (χ3v) is 5.11. The molecular formula is C13H17NO3S. The molecule has 1 aromatic rings. The second-order valence-corrected chi connectivity index (χ2v) is 6.83. The third-order valence-electron chi connectivity index (χ3n) is 3.21. The lowest BCUT2D eigenvalue weighted by Crippen LogP contribution is -2.31. The normalized spacial score (nSPS) is 19.0. The number of ketones is 1. The molecule has 0 unspecified atom stereocenters. The van der Waals surface area contributed by atoms with Crippen LogP contribution in [0.15, 0.2) is 18.2 Å². The molecule has 5 heteroatoms. The number of benzene rings is 1. The van der Waals surface area contributed by atoms with E-state index >= 15 is 0 Å². The highest BCUT2D eigenvalue weighted by molar-refractivity contribution is 7.89. The van der Waals surface area contributed by atoms with Crippen LogP contribution in [0, 0.1) is 13.8 Å². The van der Waals surface area contributed by atoms with E-state index in [2.05, 4.69) is 0 Å². The molecule has 1 aromatic carbocycles. The predicted octanol–water partition coefficient (Wildman–Crippen LogP) is 1.52. The first-order valence-electron chi connectivity index (χ1n) is 5.98. The molecule has 0 spiro atoms. The zero-order chi connectivity index (χ0) is 13.3. The topological polar surface area (TPSA) is 54.5 Å². The molecule has 0 aliphatic carbocycles. The Hall–Kier alpha value is -1.20. The quantitative estimate of drug-likeness (QED) is 0.780. The van der Waals surface area contributed by atoms with Gasteiger partial charge in [0.1, 0.15) is 0 Å². The van der Waals surface area contributed by atoms with Gasteiger partial charge < -0.3 is 0 Å². The molecule has 1 fully saturated rings. The number of nitrogens with zero attached hydrogens (tertiary/aromatic N) is 1. The average Bonchev–Trinajstić information content (AvgIpc) is 2.58. The molecular weight excluding hydrogens is 250 g/mol. The fourth-order valence-electron chi connectivity index (χ4n) is 2.24. The number of hydrogen-bond acceptors (Lipinski definition) is 3. The van der Waals surface area contributed by atoms with Crippen LogP contribution in [0.5, 0.6) is 0 Å². The zero-order valence-corrected chi connectivity index (χ0v) is 11.5. The summed E-state index contributed by atoms with van der Waals surface area (Å²) in [5, 5.41) is 0. The first-order valence-corrected chi connectivity index (χ1v) is 7.59. The summed E-state index contributed by atoms with van der Waals surface area (Å²) in [6.45, 7) is 4.26. The van der Waals surface area contributed by atoms with E-state index in [0.29, 0.717) is 18.5 Å². The molecule has 0 N–H and O–H groups in total. The van der Waals surface area contributed by atoms with Crippen molar-refractivity contribution in [2.24, 2.45) is 0 Å². The van der Waals surface area contributed by atoms with Crippen molar-refractivity contribution in [2.45, 2.75) is 20.3 Å². The van der Waals surface area contributed by atoms with Crippen molar-refractivity contribution in [3.8, 4) is 0 Å². The van der Waals surface area contributed by atoms with Crippen LogP contribution in [0.4, 0.5) is 0 Å². The van der Waals surface area contributed by atoms with Gasteiger partial charge in [0.25, 0.3) is 0 Å². The van der Waals surface area contributed by atoms with E-state index in [4.69, 9.17) is 0 Å². The summed E-state index contributed by atoms with van der Waals surface area (Å²) in [5.74, 6) is 0.0330. The first kappa shape index (κ1) is 13.2. The Balaban J connectivity index is 2.18. The number of aryl methyl sites for hydroxylation is 2. The van der Waals surface area contributed by atoms with E-state index in [1.54, 1.807) is 6.07 Å². The molecule has 18 heavy (non-hydrogen) atoms. The summed E-state index contributed by atoms with van der Waals surface area (Å²) >= 11 is 0. The van der Waals surface area contributed by atoms with Crippen molar-refractivity contribution >= 4 is 15.8 Å². The SMILES string of the molecule is Cc1ccc(C(=O)CN2CCCS2(=O)=O)c(C)c1. The van der Waals surface area contributed by atoms with E-state index < -0.39 is 10.0 Å². The summed E-state index contributed by atoms with van der Waals surface area (Å²) in [7, 11) is -3.20. The minimum absolute atomic E-state index is 0.0355. The van der Waals surface area contributed by atoms with Gasteiger partial charge in [0.05, 0.1) is 12.3 Å². The van der Waals surface area contributed by atoms with Gasteiger partial charge in [-0.2, -0.15) is 4.31 Å². The number of sulfonamides is 1. The molecule has 4 nitrogen and oxygen atoms in total. The van der Waals surface area contributed by atoms with Gasteiger partial charge in [0.15, 0.2) is 5.78 Å². The third kappa shape index (κ3) is 2.62. The van der Waals surface area contributed by atoms with Crippen LogP contribution in [0.25, 0.3) is 0 Å². The van der Waals surface area contributed by atoms with Crippen LogP contribution in [0.1, 0.15) is 27.9 Å². The number of carbonyl (C=O) groups is 1. The number of carbonyl (C=O) groups excluding carboxylic acids is 1. The van der Waals surface area contributed by atoms with E-state index in [0.717, 1.165) is 11.1 Å². The zero-order valence-electron chi connectivity index (χ0n) is 10.6. The summed E-state index contributed by atoms with van der Waals surface area (Å²) in [4.78, 5) is 12.1. The Bertz CT molecular complexity index is 578. The van der Waals surface area contributed by atoms with Gasteiger partial charge in [-0.25, -0.2) is 8.42 Å². The van der Waals surface area contributed by atoms with Crippen LogP contribution >= 0.6 is 0 Å². The van der Waals surface area contributed by atoms with E-state index in [9.17, 15) is 13.2 Å². The van der Waals surface area contributed by atoms with Crippen molar-refractivity contribution in [1.82, 2.24) is 4.31 Å². The minimum atomic E-state index is -3.20. The summed E-state index contributed by atoms with van der Waals surface area (Å²) < 4.78 is 24.6. The highest BCUT2D eigenvalue weighted by Crippen LogP contribution is 2.16. The maximum Gasteiger partial charge on any atom is 0.214 e. The standard InChI is InChI=1S/C13H17NO3S/c1-10-4-5-12(11(2)8-10)13(15)9-14-6-3-7-18(14,16)17/h4-5,8H,3,6-7,9H2,1-2H3. The monoisotopic (exact) mass is 267 g/mol. The van der Waals surface area contributed by atoms with Crippen molar-refractivity contribution in [1.29, 1.82) is 0 Å². The maximum atomic E-state index is 12.1. The minimum Gasteiger partial charge on any atom is -0.293 e. The highest BCUT2D eigenvalue weighted by Gasteiger charge is 2.30. The molecule has 0 aromatic heterocycles. The van der Waals surface area contributed by atoms with Gasteiger partial charge in [-0.15, -0.1) is 0 Å². The van der Waals surface area contributed by atoms with Gasteiger partial charge in [-0.05, 0) is 25.8 Å². The molecule has 0 atom stereocenters. The van der Waals surface area contributed by atoms with Crippen LogP contribution in [-0.2, 0) is 10.0 Å².